The third-order valence-corrected chi connectivity index (χ3v) is 5.32. The summed E-state index contributed by atoms with van der Waals surface area (Å²) in [5.74, 6) is 0.678. The number of pyridine rings is 1. The van der Waals surface area contributed by atoms with Crippen LogP contribution in [0.2, 0.25) is 0 Å². The lowest BCUT2D eigenvalue weighted by Gasteiger charge is -2.29. The molecular formula is C25H22FN5. The molecule has 1 aliphatic heterocycles. The van der Waals surface area contributed by atoms with Crippen LogP contribution in [0.15, 0.2) is 85.2 Å². The molecule has 154 valence electrons. The molecule has 0 bridgehead atoms. The van der Waals surface area contributed by atoms with E-state index in [9.17, 15) is 4.39 Å². The molecule has 1 N–H and O–H groups in total. The van der Waals surface area contributed by atoms with Crippen molar-refractivity contribution in [2.45, 2.75) is 6.54 Å². The average molecular weight is 411 g/mol. The minimum Gasteiger partial charge on any atom is -0.302 e. The lowest BCUT2D eigenvalue weighted by atomic mass is 10.0. The number of hydrogen-bond donors (Lipinski definition) is 1. The van der Waals surface area contributed by atoms with Crippen molar-refractivity contribution in [1.29, 1.82) is 0 Å². The van der Waals surface area contributed by atoms with E-state index < -0.39 is 0 Å². The molecule has 31 heavy (non-hydrogen) atoms. The van der Waals surface area contributed by atoms with E-state index in [0.717, 1.165) is 47.8 Å². The third kappa shape index (κ3) is 4.11. The second kappa shape index (κ2) is 8.53. The number of nitrogens with zero attached hydrogens (tertiary/aromatic N) is 4. The smallest absolute Gasteiger partial charge is 0.147 e. The van der Waals surface area contributed by atoms with E-state index in [1.807, 2.05) is 35.0 Å². The van der Waals surface area contributed by atoms with Gasteiger partial charge in [0.05, 0.1) is 12.1 Å². The van der Waals surface area contributed by atoms with Gasteiger partial charge in [-0.3, -0.25) is 4.98 Å². The summed E-state index contributed by atoms with van der Waals surface area (Å²) in [5, 5.41) is 7.03. The Morgan fingerprint density at radius 3 is 2.45 bits per heavy atom. The van der Waals surface area contributed by atoms with Gasteiger partial charge < -0.3 is 5.43 Å². The van der Waals surface area contributed by atoms with Crippen LogP contribution in [-0.2, 0) is 6.54 Å². The molecule has 2 aromatic heterocycles. The Morgan fingerprint density at radius 2 is 1.68 bits per heavy atom. The van der Waals surface area contributed by atoms with Crippen LogP contribution in [0.25, 0.3) is 28.5 Å². The molecule has 5 rings (SSSR count). The zero-order chi connectivity index (χ0) is 21.0. The number of benzene rings is 2. The summed E-state index contributed by atoms with van der Waals surface area (Å²) >= 11 is 0. The van der Waals surface area contributed by atoms with Crippen molar-refractivity contribution in [1.82, 2.24) is 19.8 Å². The van der Waals surface area contributed by atoms with Crippen molar-refractivity contribution in [3.05, 3.63) is 96.6 Å². The maximum Gasteiger partial charge on any atom is 0.147 e. The Labute approximate surface area is 180 Å². The van der Waals surface area contributed by atoms with E-state index in [1.54, 1.807) is 24.5 Å². The van der Waals surface area contributed by atoms with Gasteiger partial charge in [-0.1, -0.05) is 42.5 Å². The normalized spacial score (nSPS) is 13.8. The number of anilines is 1. The van der Waals surface area contributed by atoms with Gasteiger partial charge >= 0.3 is 0 Å². The topological polar surface area (TPSA) is 46.0 Å². The first-order valence-corrected chi connectivity index (χ1v) is 10.3. The molecule has 0 saturated carbocycles. The first-order chi connectivity index (χ1) is 15.3. The Kier molecular flexibility index (Phi) is 5.29. The highest BCUT2D eigenvalue weighted by Gasteiger charge is 2.25. The van der Waals surface area contributed by atoms with Gasteiger partial charge in [0.2, 0.25) is 0 Å². The van der Waals surface area contributed by atoms with Crippen molar-refractivity contribution < 1.29 is 4.39 Å². The number of hydrazine groups is 1. The van der Waals surface area contributed by atoms with Gasteiger partial charge in [0.15, 0.2) is 0 Å². The van der Waals surface area contributed by atoms with Gasteiger partial charge in [0.1, 0.15) is 17.3 Å². The van der Waals surface area contributed by atoms with Gasteiger partial charge in [0, 0.05) is 31.0 Å². The molecule has 0 fully saturated rings. The second-order valence-electron chi connectivity index (χ2n) is 7.41. The molecule has 2 aromatic carbocycles. The van der Waals surface area contributed by atoms with E-state index in [2.05, 4.69) is 39.7 Å². The van der Waals surface area contributed by atoms with E-state index in [-0.39, 0.29) is 5.82 Å². The predicted molar refractivity (Wildman–Crippen MR) is 122 cm³/mol. The molecule has 3 heterocycles. The Bertz CT molecular complexity index is 1180. The van der Waals surface area contributed by atoms with Gasteiger partial charge in [-0.25, -0.2) is 14.1 Å². The summed E-state index contributed by atoms with van der Waals surface area (Å²) in [5.41, 5.74) is 8.44. The zero-order valence-corrected chi connectivity index (χ0v) is 16.9. The van der Waals surface area contributed by atoms with Crippen molar-refractivity contribution in [2.24, 2.45) is 0 Å². The molecule has 0 aliphatic carbocycles. The highest BCUT2D eigenvalue weighted by molar-refractivity contribution is 5.88. The zero-order valence-electron chi connectivity index (χ0n) is 16.9. The summed E-state index contributed by atoms with van der Waals surface area (Å²) in [6.45, 7) is 2.36. The summed E-state index contributed by atoms with van der Waals surface area (Å²) in [6, 6.07) is 20.7. The summed E-state index contributed by atoms with van der Waals surface area (Å²) in [6.07, 6.45) is 7.83. The maximum atomic E-state index is 13.5. The van der Waals surface area contributed by atoms with Crippen LogP contribution >= 0.6 is 0 Å². The molecule has 0 atom stereocenters. The number of aromatic nitrogens is 3. The minimum absolute atomic E-state index is 0.257. The van der Waals surface area contributed by atoms with Crippen LogP contribution in [0.1, 0.15) is 5.56 Å². The fourth-order valence-electron chi connectivity index (χ4n) is 3.78. The van der Waals surface area contributed by atoms with E-state index in [4.69, 9.17) is 5.10 Å². The van der Waals surface area contributed by atoms with E-state index in [1.165, 1.54) is 17.7 Å². The Balaban J connectivity index is 1.47. The second-order valence-corrected chi connectivity index (χ2v) is 7.41. The number of hydrogen-bond acceptors (Lipinski definition) is 4. The number of fused-ring (bicyclic) bond motifs is 1. The van der Waals surface area contributed by atoms with Gasteiger partial charge in [-0.05, 0) is 47.5 Å². The number of rotatable bonds is 5. The molecule has 0 saturated heterocycles. The molecule has 0 spiro atoms. The maximum absolute atomic E-state index is 13.5. The number of nitrogens with one attached hydrogen (secondary N) is 1. The molecule has 0 radical (unpaired) electrons. The lowest BCUT2D eigenvalue weighted by molar-refractivity contribution is 0.308. The SMILES string of the molecule is Fc1ccc(-c2nn3c(c2-c2ccncc2)NN(C/C=C/c2ccccc2)CC3)cc1. The Hall–Kier alpha value is -3.77. The van der Waals surface area contributed by atoms with Crippen molar-refractivity contribution in [2.75, 3.05) is 18.5 Å². The molecule has 1 aliphatic rings. The van der Waals surface area contributed by atoms with Gasteiger partial charge in [-0.15, -0.1) is 0 Å². The first kappa shape index (κ1) is 19.2. The molecular weight excluding hydrogens is 389 g/mol. The van der Waals surface area contributed by atoms with Crippen LogP contribution in [0, 0.1) is 5.82 Å². The van der Waals surface area contributed by atoms with Crippen LogP contribution in [0.3, 0.4) is 0 Å². The fourth-order valence-corrected chi connectivity index (χ4v) is 3.78. The summed E-state index contributed by atoms with van der Waals surface area (Å²) in [4.78, 5) is 4.15. The van der Waals surface area contributed by atoms with Gasteiger partial charge in [0.25, 0.3) is 0 Å². The third-order valence-electron chi connectivity index (χ3n) is 5.32. The summed E-state index contributed by atoms with van der Waals surface area (Å²) in [7, 11) is 0. The molecule has 6 heteroatoms. The quantitative estimate of drug-likeness (QED) is 0.496. The average Bonchev–Trinajstić information content (AvgIpc) is 3.20. The highest BCUT2D eigenvalue weighted by atomic mass is 19.1. The van der Waals surface area contributed by atoms with Crippen LogP contribution < -0.4 is 5.43 Å². The molecule has 0 amide bonds. The van der Waals surface area contributed by atoms with Crippen LogP contribution in [-0.4, -0.2) is 32.9 Å². The fraction of sp³-hybridized carbons (Fsp3) is 0.120. The standard InChI is InChI=1S/C25H22FN5/c26-22-10-8-21(9-11-22)24-23(20-12-14-27-15-13-20)25-29-30(17-18-31(25)28-24)16-4-7-19-5-2-1-3-6-19/h1-15,29H,16-18H2/b7-4+. The van der Waals surface area contributed by atoms with Crippen molar-refractivity contribution >= 4 is 11.9 Å². The monoisotopic (exact) mass is 411 g/mol. The van der Waals surface area contributed by atoms with Crippen LogP contribution in [0.5, 0.6) is 0 Å². The highest BCUT2D eigenvalue weighted by Crippen LogP contribution is 2.38. The van der Waals surface area contributed by atoms with Crippen LogP contribution in [0.4, 0.5) is 10.2 Å². The minimum atomic E-state index is -0.257. The Morgan fingerprint density at radius 1 is 0.903 bits per heavy atom. The lowest BCUT2D eigenvalue weighted by Crippen LogP contribution is -2.38. The van der Waals surface area contributed by atoms with E-state index in [0.29, 0.717) is 0 Å². The first-order valence-electron chi connectivity index (χ1n) is 10.3. The van der Waals surface area contributed by atoms with E-state index >= 15 is 0 Å². The van der Waals surface area contributed by atoms with Gasteiger partial charge in [-0.2, -0.15) is 5.10 Å². The van der Waals surface area contributed by atoms with Crippen molar-refractivity contribution in [3.8, 4) is 22.4 Å². The largest absolute Gasteiger partial charge is 0.302 e. The molecule has 0 unspecified atom stereocenters. The number of halogens is 1. The molecule has 4 aromatic rings. The molecule has 5 nitrogen and oxygen atoms in total. The van der Waals surface area contributed by atoms with Crippen molar-refractivity contribution in [3.63, 3.8) is 0 Å². The summed E-state index contributed by atoms with van der Waals surface area (Å²) < 4.78 is 15.5. The predicted octanol–water partition coefficient (Wildman–Crippen LogP) is 5.11.